The van der Waals surface area contributed by atoms with Gasteiger partial charge < -0.3 is 0 Å². The van der Waals surface area contributed by atoms with E-state index in [4.69, 9.17) is 0 Å². The molecule has 96 valence electrons. The lowest BCUT2D eigenvalue weighted by Gasteiger charge is -2.16. The Labute approximate surface area is 112 Å². The van der Waals surface area contributed by atoms with Gasteiger partial charge in [0.05, 0.1) is 22.3 Å². The minimum absolute atomic E-state index is 0.246. The zero-order chi connectivity index (χ0) is 13.2. The average Bonchev–Trinajstić information content (AvgIpc) is 2.54. The van der Waals surface area contributed by atoms with Crippen LogP contribution in [0.15, 0.2) is 4.47 Å². The molecule has 0 radical (unpaired) electrons. The van der Waals surface area contributed by atoms with Gasteiger partial charge in [0.1, 0.15) is 5.78 Å². The first-order valence-electron chi connectivity index (χ1n) is 6.08. The molecule has 1 heterocycles. The molecule has 3 nitrogen and oxygen atoms in total. The Morgan fingerprint density at radius 3 is 2.35 bits per heavy atom. The van der Waals surface area contributed by atoms with E-state index in [1.165, 1.54) is 0 Å². The average molecular weight is 301 g/mol. The summed E-state index contributed by atoms with van der Waals surface area (Å²) >= 11 is 3.56. The minimum Gasteiger partial charge on any atom is -0.299 e. The molecule has 17 heavy (non-hydrogen) atoms. The number of Topliss-reactive ketones (excluding diaryl/α,β-unsaturated/α-hetero) is 1. The van der Waals surface area contributed by atoms with Gasteiger partial charge in [-0.3, -0.25) is 9.48 Å². The third-order valence-electron chi connectivity index (χ3n) is 2.86. The first-order valence-corrected chi connectivity index (χ1v) is 6.87. The predicted octanol–water partition coefficient (Wildman–Crippen LogP) is 3.39. The Morgan fingerprint density at radius 2 is 1.94 bits per heavy atom. The zero-order valence-electron chi connectivity index (χ0n) is 11.3. The van der Waals surface area contributed by atoms with Crippen LogP contribution in [0.5, 0.6) is 0 Å². The summed E-state index contributed by atoms with van der Waals surface area (Å²) in [7, 11) is 0. The van der Waals surface area contributed by atoms with Gasteiger partial charge in [-0.05, 0) is 29.3 Å². The summed E-state index contributed by atoms with van der Waals surface area (Å²) in [4.78, 5) is 12.1. The molecule has 0 atom stereocenters. The maximum absolute atomic E-state index is 12.1. The molecule has 0 aliphatic rings. The molecule has 0 saturated heterocycles. The number of aryl methyl sites for hydroxylation is 2. The van der Waals surface area contributed by atoms with E-state index in [9.17, 15) is 4.79 Å². The van der Waals surface area contributed by atoms with Crippen LogP contribution >= 0.6 is 15.9 Å². The maximum Gasteiger partial charge on any atom is 0.144 e. The van der Waals surface area contributed by atoms with Crippen LogP contribution in [0.25, 0.3) is 0 Å². The molecule has 0 bridgehead atoms. The molecule has 0 amide bonds. The molecule has 1 rings (SSSR count). The molecule has 0 N–H and O–H groups in total. The van der Waals surface area contributed by atoms with E-state index < -0.39 is 0 Å². The van der Waals surface area contributed by atoms with E-state index in [0.29, 0.717) is 6.42 Å². The second-order valence-electron chi connectivity index (χ2n) is 5.23. The van der Waals surface area contributed by atoms with Gasteiger partial charge in [0.2, 0.25) is 0 Å². The lowest BCUT2D eigenvalue weighted by molar-refractivity contribution is -0.125. The second-order valence-corrected chi connectivity index (χ2v) is 6.02. The van der Waals surface area contributed by atoms with E-state index in [1.807, 2.05) is 32.4 Å². The van der Waals surface area contributed by atoms with E-state index >= 15 is 0 Å². The molecule has 0 aliphatic heterocycles. The summed E-state index contributed by atoms with van der Waals surface area (Å²) in [5, 5.41) is 4.50. The lowest BCUT2D eigenvalue weighted by atomic mass is 9.88. The van der Waals surface area contributed by atoms with Gasteiger partial charge in [-0.25, -0.2) is 0 Å². The summed E-state index contributed by atoms with van der Waals surface area (Å²) in [5.74, 6) is 0.246. The second kappa shape index (κ2) is 5.34. The summed E-state index contributed by atoms with van der Waals surface area (Å²) in [6.45, 7) is 10.8. The first kappa shape index (κ1) is 14.4. The van der Waals surface area contributed by atoms with Crippen molar-refractivity contribution in [2.45, 2.75) is 54.0 Å². The fraction of sp³-hybridized carbons (Fsp3) is 0.692. The van der Waals surface area contributed by atoms with Crippen molar-refractivity contribution in [2.24, 2.45) is 5.41 Å². The van der Waals surface area contributed by atoms with Crippen LogP contribution in [0.3, 0.4) is 0 Å². The van der Waals surface area contributed by atoms with Crippen molar-refractivity contribution in [3.63, 3.8) is 0 Å². The third-order valence-corrected chi connectivity index (χ3v) is 3.77. The van der Waals surface area contributed by atoms with E-state index in [1.54, 1.807) is 0 Å². The van der Waals surface area contributed by atoms with Crippen LogP contribution in [0.4, 0.5) is 0 Å². The van der Waals surface area contributed by atoms with Crippen molar-refractivity contribution in [1.29, 1.82) is 0 Å². The Bertz CT molecular complexity index is 416. The molecule has 1 aromatic heterocycles. The largest absolute Gasteiger partial charge is 0.299 e. The molecule has 0 aromatic carbocycles. The number of halogens is 1. The van der Waals surface area contributed by atoms with Gasteiger partial charge in [-0.1, -0.05) is 27.7 Å². The van der Waals surface area contributed by atoms with Crippen molar-refractivity contribution < 1.29 is 4.79 Å². The van der Waals surface area contributed by atoms with E-state index in [0.717, 1.165) is 28.8 Å². The van der Waals surface area contributed by atoms with Gasteiger partial charge in [-0.2, -0.15) is 5.10 Å². The van der Waals surface area contributed by atoms with Gasteiger partial charge in [-0.15, -0.1) is 0 Å². The fourth-order valence-electron chi connectivity index (χ4n) is 1.60. The molecule has 0 spiro atoms. The Morgan fingerprint density at radius 1 is 1.35 bits per heavy atom. The summed E-state index contributed by atoms with van der Waals surface area (Å²) in [5.41, 5.74) is 1.74. The standard InChI is InChI=1S/C13H21BrN2O/c1-6-9-12(14)10(16(7-2)15-9)8-11(17)13(3,4)5/h6-8H2,1-5H3. The van der Waals surface area contributed by atoms with Crippen LogP contribution in [-0.2, 0) is 24.2 Å². The van der Waals surface area contributed by atoms with Crippen molar-refractivity contribution in [3.05, 3.63) is 15.9 Å². The van der Waals surface area contributed by atoms with E-state index in [-0.39, 0.29) is 11.2 Å². The number of ketones is 1. The predicted molar refractivity (Wildman–Crippen MR) is 73.1 cm³/mol. The highest BCUT2D eigenvalue weighted by Crippen LogP contribution is 2.26. The van der Waals surface area contributed by atoms with Crippen molar-refractivity contribution in [3.8, 4) is 0 Å². The number of nitrogens with zero attached hydrogens (tertiary/aromatic N) is 2. The van der Waals surface area contributed by atoms with Crippen molar-refractivity contribution >= 4 is 21.7 Å². The maximum atomic E-state index is 12.1. The molecule has 1 aromatic rings. The van der Waals surface area contributed by atoms with Crippen LogP contribution in [0.2, 0.25) is 0 Å². The topological polar surface area (TPSA) is 34.9 Å². The highest BCUT2D eigenvalue weighted by atomic mass is 79.9. The minimum atomic E-state index is -0.297. The highest BCUT2D eigenvalue weighted by molar-refractivity contribution is 9.10. The molecular formula is C13H21BrN2O. The molecule has 0 fully saturated rings. The van der Waals surface area contributed by atoms with Crippen LogP contribution < -0.4 is 0 Å². The SMILES string of the molecule is CCc1nn(CC)c(CC(=O)C(C)(C)C)c1Br. The van der Waals surface area contributed by atoms with Crippen LogP contribution in [0.1, 0.15) is 46.0 Å². The summed E-state index contributed by atoms with van der Waals surface area (Å²) in [6, 6.07) is 0. The Hall–Kier alpha value is -0.640. The quantitative estimate of drug-likeness (QED) is 0.854. The molecule has 0 unspecified atom stereocenters. The summed E-state index contributed by atoms with van der Waals surface area (Å²) in [6.07, 6.45) is 1.33. The highest BCUT2D eigenvalue weighted by Gasteiger charge is 2.25. The number of rotatable bonds is 4. The number of hydrogen-bond acceptors (Lipinski definition) is 2. The first-order chi connectivity index (χ1) is 7.81. The smallest absolute Gasteiger partial charge is 0.144 e. The Balaban J connectivity index is 3.05. The lowest BCUT2D eigenvalue weighted by Crippen LogP contribution is -2.23. The normalized spacial score (nSPS) is 11.9. The molecular weight excluding hydrogens is 280 g/mol. The van der Waals surface area contributed by atoms with Gasteiger partial charge in [0, 0.05) is 12.0 Å². The monoisotopic (exact) mass is 300 g/mol. The van der Waals surface area contributed by atoms with Gasteiger partial charge in [0.15, 0.2) is 0 Å². The zero-order valence-corrected chi connectivity index (χ0v) is 12.9. The molecule has 4 heteroatoms. The number of aromatic nitrogens is 2. The van der Waals surface area contributed by atoms with Crippen molar-refractivity contribution in [2.75, 3.05) is 0 Å². The van der Waals surface area contributed by atoms with Crippen molar-refractivity contribution in [1.82, 2.24) is 9.78 Å². The van der Waals surface area contributed by atoms with Crippen LogP contribution in [-0.4, -0.2) is 15.6 Å². The molecule has 0 aliphatic carbocycles. The third kappa shape index (κ3) is 3.18. The number of carbonyl (C=O) groups is 1. The van der Waals surface area contributed by atoms with E-state index in [2.05, 4.69) is 28.0 Å². The number of hydrogen-bond donors (Lipinski definition) is 0. The fourth-order valence-corrected chi connectivity index (χ4v) is 2.31. The van der Waals surface area contributed by atoms with Gasteiger partial charge in [0.25, 0.3) is 0 Å². The Kier molecular flexibility index (Phi) is 4.53. The van der Waals surface area contributed by atoms with Gasteiger partial charge >= 0.3 is 0 Å². The number of carbonyl (C=O) groups excluding carboxylic acids is 1. The summed E-state index contributed by atoms with van der Waals surface area (Å²) < 4.78 is 2.92. The van der Waals surface area contributed by atoms with Crippen LogP contribution in [0, 0.1) is 5.41 Å². The molecule has 0 saturated carbocycles.